The molecule has 0 aliphatic carbocycles. The van der Waals surface area contributed by atoms with Gasteiger partial charge in [0, 0.05) is 25.1 Å². The van der Waals surface area contributed by atoms with Crippen molar-refractivity contribution in [2.24, 2.45) is 0 Å². The standard InChI is InChI=1S/C12H9Cl2F2NO2S/c1-5(18)20-6-2-9(19)17(4-6)8-3-7(13)11(15)10(14)12(8)16/h3,6H,2,4H2,1H3. The van der Waals surface area contributed by atoms with Crippen LogP contribution in [-0.2, 0) is 9.59 Å². The molecule has 0 spiro atoms. The van der Waals surface area contributed by atoms with Crippen molar-refractivity contribution >= 4 is 51.7 Å². The van der Waals surface area contributed by atoms with Crippen LogP contribution >= 0.6 is 35.0 Å². The fraction of sp³-hybridized carbons (Fsp3) is 0.333. The van der Waals surface area contributed by atoms with Gasteiger partial charge in [-0.1, -0.05) is 35.0 Å². The number of amides is 1. The van der Waals surface area contributed by atoms with Gasteiger partial charge in [0.1, 0.15) is 5.02 Å². The fourth-order valence-electron chi connectivity index (χ4n) is 1.98. The summed E-state index contributed by atoms with van der Waals surface area (Å²) in [5.41, 5.74) is -0.168. The summed E-state index contributed by atoms with van der Waals surface area (Å²) in [5.74, 6) is -2.45. The zero-order chi connectivity index (χ0) is 15.0. The van der Waals surface area contributed by atoms with Crippen LogP contribution in [0.1, 0.15) is 13.3 Å². The topological polar surface area (TPSA) is 37.4 Å². The summed E-state index contributed by atoms with van der Waals surface area (Å²) >= 11 is 12.1. The Balaban J connectivity index is 2.33. The molecule has 1 atom stereocenters. The number of benzene rings is 1. The molecule has 1 fully saturated rings. The first-order valence-corrected chi connectivity index (χ1v) is 7.25. The monoisotopic (exact) mass is 339 g/mol. The van der Waals surface area contributed by atoms with Gasteiger partial charge >= 0.3 is 0 Å². The summed E-state index contributed by atoms with van der Waals surface area (Å²) in [4.78, 5) is 24.0. The van der Waals surface area contributed by atoms with Crippen molar-refractivity contribution in [3.8, 4) is 0 Å². The number of thioether (sulfide) groups is 1. The summed E-state index contributed by atoms with van der Waals surface area (Å²) in [7, 11) is 0. The minimum absolute atomic E-state index is 0.107. The molecule has 1 aromatic carbocycles. The number of hydrogen-bond donors (Lipinski definition) is 0. The average molecular weight is 340 g/mol. The molecule has 1 amide bonds. The van der Waals surface area contributed by atoms with Gasteiger partial charge in [0.25, 0.3) is 0 Å². The maximum Gasteiger partial charge on any atom is 0.228 e. The van der Waals surface area contributed by atoms with Crippen LogP contribution in [0.3, 0.4) is 0 Å². The Bertz CT molecular complexity index is 597. The van der Waals surface area contributed by atoms with Gasteiger partial charge in [-0.05, 0) is 6.07 Å². The molecule has 8 heteroatoms. The van der Waals surface area contributed by atoms with E-state index in [2.05, 4.69) is 0 Å². The Morgan fingerprint density at radius 3 is 2.65 bits per heavy atom. The van der Waals surface area contributed by atoms with Crippen LogP contribution in [0.5, 0.6) is 0 Å². The van der Waals surface area contributed by atoms with E-state index in [1.54, 1.807) is 0 Å². The third-order valence-corrected chi connectivity index (χ3v) is 4.38. The summed E-state index contributed by atoms with van der Waals surface area (Å²) in [6, 6.07) is 1.02. The van der Waals surface area contributed by atoms with Crippen LogP contribution in [0, 0.1) is 11.6 Å². The fourth-order valence-corrected chi connectivity index (χ4v) is 3.34. The molecule has 1 unspecified atom stereocenters. The van der Waals surface area contributed by atoms with Gasteiger partial charge in [-0.2, -0.15) is 0 Å². The van der Waals surface area contributed by atoms with E-state index in [1.165, 1.54) is 6.92 Å². The number of nitrogens with zero attached hydrogens (tertiary/aromatic N) is 1. The SMILES string of the molecule is CC(=O)SC1CC(=O)N(c2cc(Cl)c(F)c(Cl)c2F)C1. The van der Waals surface area contributed by atoms with Crippen LogP contribution in [0.4, 0.5) is 14.5 Å². The van der Waals surface area contributed by atoms with E-state index in [4.69, 9.17) is 23.2 Å². The van der Waals surface area contributed by atoms with Crippen LogP contribution in [0.2, 0.25) is 10.0 Å². The molecule has 3 nitrogen and oxygen atoms in total. The predicted molar refractivity (Wildman–Crippen MR) is 75.4 cm³/mol. The zero-order valence-electron chi connectivity index (χ0n) is 10.3. The molecule has 0 aromatic heterocycles. The highest BCUT2D eigenvalue weighted by atomic mass is 35.5. The second-order valence-corrected chi connectivity index (χ2v) is 6.52. The van der Waals surface area contributed by atoms with Gasteiger partial charge < -0.3 is 4.90 Å². The van der Waals surface area contributed by atoms with Gasteiger partial charge in [-0.3, -0.25) is 9.59 Å². The smallest absolute Gasteiger partial charge is 0.228 e. The van der Waals surface area contributed by atoms with Crippen LogP contribution < -0.4 is 4.90 Å². The van der Waals surface area contributed by atoms with Gasteiger partial charge in [0.05, 0.1) is 10.7 Å². The van der Waals surface area contributed by atoms with Crippen LogP contribution in [-0.4, -0.2) is 22.8 Å². The van der Waals surface area contributed by atoms with Gasteiger partial charge in [0.15, 0.2) is 16.7 Å². The predicted octanol–water partition coefficient (Wildman–Crippen LogP) is 3.66. The largest absolute Gasteiger partial charge is 0.308 e. The molecule has 1 saturated heterocycles. The van der Waals surface area contributed by atoms with E-state index in [-0.39, 0.29) is 39.9 Å². The number of carbonyl (C=O) groups is 2. The lowest BCUT2D eigenvalue weighted by Crippen LogP contribution is -2.26. The highest BCUT2D eigenvalue weighted by Crippen LogP contribution is 2.36. The van der Waals surface area contributed by atoms with Crippen molar-refractivity contribution in [3.63, 3.8) is 0 Å². The molecule has 0 N–H and O–H groups in total. The Labute approximate surface area is 128 Å². The Morgan fingerprint density at radius 2 is 2.05 bits per heavy atom. The van der Waals surface area contributed by atoms with Crippen LogP contribution in [0.15, 0.2) is 6.07 Å². The highest BCUT2D eigenvalue weighted by Gasteiger charge is 2.34. The van der Waals surface area contributed by atoms with E-state index in [9.17, 15) is 18.4 Å². The number of hydrogen-bond acceptors (Lipinski definition) is 3. The van der Waals surface area contributed by atoms with E-state index >= 15 is 0 Å². The van der Waals surface area contributed by atoms with E-state index in [0.29, 0.717) is 0 Å². The lowest BCUT2D eigenvalue weighted by atomic mass is 10.2. The Kier molecular flexibility index (Phi) is 4.56. The third kappa shape index (κ3) is 2.92. The van der Waals surface area contributed by atoms with Crippen molar-refractivity contribution in [2.45, 2.75) is 18.6 Å². The molecule has 2 rings (SSSR count). The quantitative estimate of drug-likeness (QED) is 0.609. The summed E-state index contributed by atoms with van der Waals surface area (Å²) in [6.45, 7) is 1.54. The van der Waals surface area contributed by atoms with E-state index < -0.39 is 16.7 Å². The van der Waals surface area contributed by atoms with E-state index in [1.807, 2.05) is 0 Å². The molecule has 0 saturated carbocycles. The molecule has 0 bridgehead atoms. The Hall–Kier alpha value is -0.850. The van der Waals surface area contributed by atoms with Crippen molar-refractivity contribution in [2.75, 3.05) is 11.4 Å². The molecule has 1 aromatic rings. The number of halogens is 4. The Morgan fingerprint density at radius 1 is 1.40 bits per heavy atom. The maximum atomic E-state index is 14.0. The van der Waals surface area contributed by atoms with Crippen molar-refractivity contribution in [3.05, 3.63) is 27.7 Å². The number of carbonyl (C=O) groups excluding carboxylic acids is 2. The molecule has 0 radical (unpaired) electrons. The molecule has 1 aliphatic rings. The first-order chi connectivity index (χ1) is 9.31. The first kappa shape index (κ1) is 15.5. The molecule has 20 heavy (non-hydrogen) atoms. The molecule has 108 valence electrons. The van der Waals surface area contributed by atoms with Gasteiger partial charge in [-0.25, -0.2) is 8.78 Å². The van der Waals surface area contributed by atoms with Crippen molar-refractivity contribution in [1.29, 1.82) is 0 Å². The number of anilines is 1. The first-order valence-electron chi connectivity index (χ1n) is 5.61. The normalized spacial score (nSPS) is 18.8. The highest BCUT2D eigenvalue weighted by molar-refractivity contribution is 8.14. The van der Waals surface area contributed by atoms with Gasteiger partial charge in [-0.15, -0.1) is 0 Å². The number of rotatable bonds is 2. The summed E-state index contributed by atoms with van der Waals surface area (Å²) < 4.78 is 27.3. The molecular weight excluding hydrogens is 331 g/mol. The second kappa shape index (κ2) is 5.87. The third-order valence-electron chi connectivity index (χ3n) is 2.80. The minimum Gasteiger partial charge on any atom is -0.308 e. The maximum absolute atomic E-state index is 14.0. The average Bonchev–Trinajstić information content (AvgIpc) is 2.71. The van der Waals surface area contributed by atoms with Crippen molar-refractivity contribution in [1.82, 2.24) is 0 Å². The lowest BCUT2D eigenvalue weighted by molar-refractivity contribution is -0.117. The van der Waals surface area contributed by atoms with Crippen LogP contribution in [0.25, 0.3) is 0 Å². The lowest BCUT2D eigenvalue weighted by Gasteiger charge is -2.18. The van der Waals surface area contributed by atoms with E-state index in [0.717, 1.165) is 22.7 Å². The zero-order valence-corrected chi connectivity index (χ0v) is 12.6. The second-order valence-electron chi connectivity index (χ2n) is 4.26. The van der Waals surface area contributed by atoms with Gasteiger partial charge in [0.2, 0.25) is 5.91 Å². The summed E-state index contributed by atoms with van der Waals surface area (Å²) in [5, 5.41) is -1.49. The minimum atomic E-state index is -1.06. The molecular formula is C12H9Cl2F2NO2S. The summed E-state index contributed by atoms with van der Waals surface area (Å²) in [6.07, 6.45) is 0.107. The molecule has 1 heterocycles. The van der Waals surface area contributed by atoms with Crippen molar-refractivity contribution < 1.29 is 18.4 Å². The molecule has 1 aliphatic heterocycles.